The minimum absolute atomic E-state index is 0.181. The van der Waals surface area contributed by atoms with Crippen molar-refractivity contribution in [2.75, 3.05) is 31.1 Å². The van der Waals surface area contributed by atoms with Crippen LogP contribution in [0.3, 0.4) is 0 Å². The first-order chi connectivity index (χ1) is 14.8. The molecule has 0 aliphatic carbocycles. The van der Waals surface area contributed by atoms with Crippen LogP contribution in [0.15, 0.2) is 79.1 Å². The summed E-state index contributed by atoms with van der Waals surface area (Å²) in [5.74, 6) is 1.83. The van der Waals surface area contributed by atoms with E-state index in [0.717, 1.165) is 35.7 Å². The summed E-state index contributed by atoms with van der Waals surface area (Å²) in [5, 5.41) is 11.0. The lowest BCUT2D eigenvalue weighted by Gasteiger charge is -2.35. The van der Waals surface area contributed by atoms with Crippen LogP contribution in [-0.4, -0.2) is 51.8 Å². The molecule has 1 saturated heterocycles. The van der Waals surface area contributed by atoms with Crippen LogP contribution in [0, 0.1) is 0 Å². The summed E-state index contributed by atoms with van der Waals surface area (Å²) >= 11 is 0. The number of hydrogen-bond acceptors (Lipinski definition) is 4. The van der Waals surface area contributed by atoms with Crippen molar-refractivity contribution >= 4 is 22.5 Å². The molecule has 0 unspecified atom stereocenters. The molecule has 1 aliphatic heterocycles. The molecule has 0 bridgehead atoms. The van der Waals surface area contributed by atoms with Crippen LogP contribution in [-0.2, 0) is 11.2 Å². The summed E-state index contributed by atoms with van der Waals surface area (Å²) in [5.41, 5.74) is 1.09. The highest BCUT2D eigenvalue weighted by atomic mass is 16.2. The van der Waals surface area contributed by atoms with E-state index in [1.54, 1.807) is 0 Å². The second-order valence-corrected chi connectivity index (χ2v) is 7.52. The minimum atomic E-state index is 0.181. The normalized spacial score (nSPS) is 14.3. The van der Waals surface area contributed by atoms with E-state index >= 15 is 0 Å². The topological polar surface area (TPSA) is 54.3 Å². The van der Waals surface area contributed by atoms with Gasteiger partial charge in [-0.05, 0) is 40.6 Å². The second kappa shape index (κ2) is 7.99. The maximum absolute atomic E-state index is 12.9. The first-order valence-corrected chi connectivity index (χ1v) is 10.2. The number of amides is 1. The van der Waals surface area contributed by atoms with Crippen LogP contribution >= 0.6 is 0 Å². The average molecular weight is 397 g/mol. The first kappa shape index (κ1) is 18.4. The van der Waals surface area contributed by atoms with E-state index < -0.39 is 0 Å². The molecule has 150 valence electrons. The van der Waals surface area contributed by atoms with E-state index in [9.17, 15) is 4.79 Å². The monoisotopic (exact) mass is 397 g/mol. The number of nitrogens with zero attached hydrogens (tertiary/aromatic N) is 5. The Morgan fingerprint density at radius 1 is 0.767 bits per heavy atom. The van der Waals surface area contributed by atoms with Gasteiger partial charge < -0.3 is 14.4 Å². The van der Waals surface area contributed by atoms with Crippen LogP contribution in [0.4, 0.5) is 5.82 Å². The highest BCUT2D eigenvalue weighted by Gasteiger charge is 2.22. The molecule has 30 heavy (non-hydrogen) atoms. The molecule has 4 aromatic rings. The number of carbonyl (C=O) groups is 1. The van der Waals surface area contributed by atoms with Gasteiger partial charge in [-0.2, -0.15) is 0 Å². The first-order valence-electron chi connectivity index (χ1n) is 10.2. The molecular formula is C24H23N5O. The molecule has 1 fully saturated rings. The lowest BCUT2D eigenvalue weighted by Crippen LogP contribution is -2.49. The van der Waals surface area contributed by atoms with Crippen LogP contribution in [0.1, 0.15) is 5.56 Å². The Kier molecular flexibility index (Phi) is 4.89. The predicted molar refractivity (Wildman–Crippen MR) is 118 cm³/mol. The molecule has 2 aromatic heterocycles. The number of aromatic nitrogens is 3. The van der Waals surface area contributed by atoms with Gasteiger partial charge in [0.1, 0.15) is 0 Å². The van der Waals surface area contributed by atoms with E-state index in [-0.39, 0.29) is 5.91 Å². The minimum Gasteiger partial charge on any atom is -0.352 e. The predicted octanol–water partition coefficient (Wildman–Crippen LogP) is 3.31. The van der Waals surface area contributed by atoms with Gasteiger partial charge in [-0.1, -0.05) is 42.5 Å². The summed E-state index contributed by atoms with van der Waals surface area (Å²) in [6.45, 7) is 2.92. The Labute approximate surface area is 175 Å². The van der Waals surface area contributed by atoms with E-state index in [2.05, 4.69) is 39.4 Å². The molecule has 6 heteroatoms. The fraction of sp³-hybridized carbons (Fsp3) is 0.208. The molecule has 1 aliphatic rings. The number of hydrogen-bond donors (Lipinski definition) is 0. The van der Waals surface area contributed by atoms with Gasteiger partial charge in [0.05, 0.1) is 6.42 Å². The number of piperazine rings is 1. The van der Waals surface area contributed by atoms with Gasteiger partial charge in [-0.15, -0.1) is 10.2 Å². The molecule has 1 amide bonds. The summed E-state index contributed by atoms with van der Waals surface area (Å²) < 4.78 is 1.93. The zero-order valence-corrected chi connectivity index (χ0v) is 16.7. The van der Waals surface area contributed by atoms with Gasteiger partial charge in [0.15, 0.2) is 11.6 Å². The Hall–Kier alpha value is -3.67. The summed E-state index contributed by atoms with van der Waals surface area (Å²) in [6.07, 6.45) is 4.33. The van der Waals surface area contributed by atoms with Crippen LogP contribution < -0.4 is 4.90 Å². The van der Waals surface area contributed by atoms with Gasteiger partial charge in [0, 0.05) is 38.6 Å². The van der Waals surface area contributed by atoms with E-state index in [1.807, 2.05) is 64.3 Å². The fourth-order valence-electron chi connectivity index (χ4n) is 4.02. The lowest BCUT2D eigenvalue weighted by atomic mass is 10.0. The number of benzene rings is 2. The molecule has 2 aromatic carbocycles. The van der Waals surface area contributed by atoms with Crippen molar-refractivity contribution in [1.29, 1.82) is 0 Å². The van der Waals surface area contributed by atoms with Gasteiger partial charge >= 0.3 is 0 Å². The van der Waals surface area contributed by atoms with Crippen molar-refractivity contribution in [1.82, 2.24) is 19.7 Å². The highest BCUT2D eigenvalue weighted by molar-refractivity contribution is 5.90. The molecule has 5 rings (SSSR count). The zero-order valence-electron chi connectivity index (χ0n) is 16.7. The van der Waals surface area contributed by atoms with E-state index in [0.29, 0.717) is 19.5 Å². The standard InChI is InChI=1S/C24H23N5O/c30-24(18-20-8-5-7-19-6-1-2-9-21(19)20)29-16-14-28(15-17-29)23-11-10-22(25-26-23)27-12-3-4-13-27/h1-13H,14-18H2. The molecular weight excluding hydrogens is 374 g/mol. The summed E-state index contributed by atoms with van der Waals surface area (Å²) in [7, 11) is 0. The quantitative estimate of drug-likeness (QED) is 0.530. The molecule has 0 spiro atoms. The second-order valence-electron chi connectivity index (χ2n) is 7.52. The van der Waals surface area contributed by atoms with Crippen molar-refractivity contribution in [3.63, 3.8) is 0 Å². The van der Waals surface area contributed by atoms with Gasteiger partial charge in [-0.25, -0.2) is 0 Å². The SMILES string of the molecule is O=C(Cc1cccc2ccccc12)N1CCN(c2ccc(-n3cccc3)nn2)CC1. The highest BCUT2D eigenvalue weighted by Crippen LogP contribution is 2.20. The van der Waals surface area contributed by atoms with Gasteiger partial charge in [0.25, 0.3) is 0 Å². The third-order valence-corrected chi connectivity index (χ3v) is 5.68. The Morgan fingerprint density at radius 2 is 1.47 bits per heavy atom. The Balaban J connectivity index is 1.22. The van der Waals surface area contributed by atoms with Crippen molar-refractivity contribution in [2.24, 2.45) is 0 Å². The largest absolute Gasteiger partial charge is 0.352 e. The maximum Gasteiger partial charge on any atom is 0.227 e. The van der Waals surface area contributed by atoms with Crippen LogP contribution in [0.25, 0.3) is 16.6 Å². The average Bonchev–Trinajstić information content (AvgIpc) is 3.35. The molecule has 0 radical (unpaired) electrons. The Bertz CT molecular complexity index is 1140. The van der Waals surface area contributed by atoms with Crippen LogP contribution in [0.5, 0.6) is 0 Å². The number of carbonyl (C=O) groups excluding carboxylic acids is 1. The molecule has 0 saturated carbocycles. The smallest absolute Gasteiger partial charge is 0.227 e. The molecule has 0 N–H and O–H groups in total. The van der Waals surface area contributed by atoms with Crippen molar-refractivity contribution in [3.8, 4) is 5.82 Å². The molecule has 6 nitrogen and oxygen atoms in total. The summed E-state index contributed by atoms with van der Waals surface area (Å²) in [6, 6.07) is 22.3. The van der Waals surface area contributed by atoms with Crippen LogP contribution in [0.2, 0.25) is 0 Å². The zero-order chi connectivity index (χ0) is 20.3. The van der Waals surface area contributed by atoms with Crippen molar-refractivity contribution < 1.29 is 4.79 Å². The third-order valence-electron chi connectivity index (χ3n) is 5.68. The molecule has 3 heterocycles. The maximum atomic E-state index is 12.9. The summed E-state index contributed by atoms with van der Waals surface area (Å²) in [4.78, 5) is 17.1. The third kappa shape index (κ3) is 3.64. The van der Waals surface area contributed by atoms with Gasteiger partial charge in [-0.3, -0.25) is 4.79 Å². The van der Waals surface area contributed by atoms with Crippen molar-refractivity contribution in [2.45, 2.75) is 6.42 Å². The van der Waals surface area contributed by atoms with Gasteiger partial charge in [0.2, 0.25) is 5.91 Å². The van der Waals surface area contributed by atoms with Crippen molar-refractivity contribution in [3.05, 3.63) is 84.7 Å². The van der Waals surface area contributed by atoms with E-state index in [4.69, 9.17) is 0 Å². The number of fused-ring (bicyclic) bond motifs is 1. The number of anilines is 1. The number of rotatable bonds is 4. The Morgan fingerprint density at radius 3 is 2.23 bits per heavy atom. The van der Waals surface area contributed by atoms with E-state index in [1.165, 1.54) is 5.39 Å². The molecule has 0 atom stereocenters. The lowest BCUT2D eigenvalue weighted by molar-refractivity contribution is -0.130. The fourth-order valence-corrected chi connectivity index (χ4v) is 4.02.